The minimum absolute atomic E-state index is 0.0783. The molecule has 1 amide bonds. The minimum atomic E-state index is 0.0783. The van der Waals surface area contributed by atoms with Gasteiger partial charge in [0.25, 0.3) is 0 Å². The fourth-order valence-electron chi connectivity index (χ4n) is 2.71. The molecule has 0 aliphatic rings. The monoisotopic (exact) mass is 339 g/mol. The fourth-order valence-corrected chi connectivity index (χ4v) is 2.71. The molecule has 0 saturated heterocycles. The van der Waals surface area contributed by atoms with E-state index in [0.717, 1.165) is 43.0 Å². The molecule has 0 aromatic heterocycles. The molecule has 0 aliphatic heterocycles. The molecule has 25 heavy (non-hydrogen) atoms. The van der Waals surface area contributed by atoms with E-state index in [9.17, 15) is 4.79 Å². The highest BCUT2D eigenvalue weighted by Gasteiger charge is 2.03. The number of hydrogen-bond donors (Lipinski definition) is 2. The summed E-state index contributed by atoms with van der Waals surface area (Å²) >= 11 is 0. The molecule has 2 N–H and O–H groups in total. The predicted molar refractivity (Wildman–Crippen MR) is 108 cm³/mol. The van der Waals surface area contributed by atoms with Crippen LogP contribution in [-0.2, 0) is 4.79 Å². The SMILES string of the molecule is CCCCC(=O)Nc1ccc(Nc2ccc(N(CC)CC)cc2)cc1. The summed E-state index contributed by atoms with van der Waals surface area (Å²) in [7, 11) is 0. The molecule has 0 atom stereocenters. The third-order valence-electron chi connectivity index (χ3n) is 4.21. The Balaban J connectivity index is 1.93. The van der Waals surface area contributed by atoms with Gasteiger partial charge < -0.3 is 15.5 Å². The van der Waals surface area contributed by atoms with Crippen molar-refractivity contribution >= 4 is 28.7 Å². The molecule has 0 bridgehead atoms. The fraction of sp³-hybridized carbons (Fsp3) is 0.381. The average molecular weight is 339 g/mol. The van der Waals surface area contributed by atoms with Gasteiger partial charge in [-0.3, -0.25) is 4.79 Å². The zero-order chi connectivity index (χ0) is 18.1. The first-order chi connectivity index (χ1) is 12.2. The van der Waals surface area contributed by atoms with Gasteiger partial charge in [0.15, 0.2) is 0 Å². The summed E-state index contributed by atoms with van der Waals surface area (Å²) in [6.45, 7) is 8.43. The van der Waals surface area contributed by atoms with Crippen LogP contribution in [0.4, 0.5) is 22.7 Å². The van der Waals surface area contributed by atoms with Gasteiger partial charge in [0.2, 0.25) is 5.91 Å². The number of hydrogen-bond acceptors (Lipinski definition) is 3. The van der Waals surface area contributed by atoms with E-state index in [4.69, 9.17) is 0 Å². The molecule has 0 aliphatic carbocycles. The molecule has 134 valence electrons. The van der Waals surface area contributed by atoms with Crippen molar-refractivity contribution in [3.8, 4) is 0 Å². The Kier molecular flexibility index (Phi) is 7.33. The van der Waals surface area contributed by atoms with Crippen LogP contribution in [0.1, 0.15) is 40.0 Å². The lowest BCUT2D eigenvalue weighted by Crippen LogP contribution is -2.21. The van der Waals surface area contributed by atoms with E-state index in [-0.39, 0.29) is 5.91 Å². The minimum Gasteiger partial charge on any atom is -0.372 e. The Bertz CT molecular complexity index is 646. The number of amides is 1. The van der Waals surface area contributed by atoms with Gasteiger partial charge in [-0.2, -0.15) is 0 Å². The zero-order valence-corrected chi connectivity index (χ0v) is 15.5. The van der Waals surface area contributed by atoms with Crippen LogP contribution >= 0.6 is 0 Å². The van der Waals surface area contributed by atoms with Crippen molar-refractivity contribution in [2.75, 3.05) is 28.6 Å². The number of anilines is 4. The van der Waals surface area contributed by atoms with Gasteiger partial charge in [-0.1, -0.05) is 13.3 Å². The van der Waals surface area contributed by atoms with Crippen LogP contribution in [0.3, 0.4) is 0 Å². The summed E-state index contributed by atoms with van der Waals surface area (Å²) in [6, 6.07) is 16.3. The molecule has 2 rings (SSSR count). The summed E-state index contributed by atoms with van der Waals surface area (Å²) in [4.78, 5) is 14.1. The van der Waals surface area contributed by atoms with Gasteiger partial charge in [0.1, 0.15) is 0 Å². The summed E-state index contributed by atoms with van der Waals surface area (Å²) in [6.07, 6.45) is 2.54. The lowest BCUT2D eigenvalue weighted by Gasteiger charge is -2.21. The summed E-state index contributed by atoms with van der Waals surface area (Å²) < 4.78 is 0. The second kappa shape index (κ2) is 9.72. The van der Waals surface area contributed by atoms with Crippen LogP contribution in [-0.4, -0.2) is 19.0 Å². The Morgan fingerprint density at radius 3 is 1.88 bits per heavy atom. The molecule has 0 radical (unpaired) electrons. The third-order valence-corrected chi connectivity index (χ3v) is 4.21. The van der Waals surface area contributed by atoms with E-state index in [2.05, 4.69) is 60.6 Å². The normalized spacial score (nSPS) is 10.4. The molecule has 0 spiro atoms. The molecular formula is C21H29N3O. The Morgan fingerprint density at radius 1 is 0.840 bits per heavy atom. The number of nitrogens with one attached hydrogen (secondary N) is 2. The van der Waals surface area contributed by atoms with E-state index in [1.807, 2.05) is 24.3 Å². The maximum Gasteiger partial charge on any atom is 0.224 e. The van der Waals surface area contributed by atoms with Crippen molar-refractivity contribution in [3.05, 3.63) is 48.5 Å². The van der Waals surface area contributed by atoms with Crippen molar-refractivity contribution in [3.63, 3.8) is 0 Å². The second-order valence-electron chi connectivity index (χ2n) is 6.07. The lowest BCUT2D eigenvalue weighted by atomic mass is 10.2. The highest BCUT2D eigenvalue weighted by Crippen LogP contribution is 2.22. The van der Waals surface area contributed by atoms with Gasteiger partial charge in [-0.25, -0.2) is 0 Å². The summed E-state index contributed by atoms with van der Waals surface area (Å²) in [5.74, 6) is 0.0783. The van der Waals surface area contributed by atoms with E-state index >= 15 is 0 Å². The smallest absolute Gasteiger partial charge is 0.224 e. The number of nitrogens with zero attached hydrogens (tertiary/aromatic N) is 1. The van der Waals surface area contributed by atoms with Gasteiger partial charge >= 0.3 is 0 Å². The van der Waals surface area contributed by atoms with Crippen LogP contribution in [0.2, 0.25) is 0 Å². The highest BCUT2D eigenvalue weighted by molar-refractivity contribution is 5.90. The third kappa shape index (κ3) is 5.82. The van der Waals surface area contributed by atoms with Crippen molar-refractivity contribution in [1.29, 1.82) is 0 Å². The second-order valence-corrected chi connectivity index (χ2v) is 6.07. The van der Waals surface area contributed by atoms with Gasteiger partial charge in [-0.05, 0) is 68.8 Å². The quantitative estimate of drug-likeness (QED) is 0.642. The van der Waals surface area contributed by atoms with Crippen molar-refractivity contribution in [2.45, 2.75) is 40.0 Å². The standard InChI is InChI=1S/C21H29N3O/c1-4-7-8-21(25)23-19-11-9-17(10-12-19)22-18-13-15-20(16-14-18)24(5-2)6-3/h9-16,22H,4-8H2,1-3H3,(H,23,25). The van der Waals surface area contributed by atoms with Crippen LogP contribution in [0.15, 0.2) is 48.5 Å². The molecule has 4 nitrogen and oxygen atoms in total. The molecule has 0 unspecified atom stereocenters. The van der Waals surface area contributed by atoms with Crippen LogP contribution in [0, 0.1) is 0 Å². The first kappa shape index (κ1) is 18.8. The summed E-state index contributed by atoms with van der Waals surface area (Å²) in [5.41, 5.74) is 4.13. The molecule has 2 aromatic rings. The molecule has 4 heteroatoms. The van der Waals surface area contributed by atoms with Gasteiger partial charge in [-0.15, -0.1) is 0 Å². The molecule has 2 aromatic carbocycles. The molecule has 0 fully saturated rings. The van der Waals surface area contributed by atoms with E-state index in [1.165, 1.54) is 5.69 Å². The van der Waals surface area contributed by atoms with Crippen LogP contribution < -0.4 is 15.5 Å². The number of carbonyl (C=O) groups excluding carboxylic acids is 1. The average Bonchev–Trinajstić information content (AvgIpc) is 2.64. The predicted octanol–water partition coefficient (Wildman–Crippen LogP) is 5.41. The first-order valence-corrected chi connectivity index (χ1v) is 9.18. The number of rotatable bonds is 9. The zero-order valence-electron chi connectivity index (χ0n) is 15.5. The maximum absolute atomic E-state index is 11.8. The highest BCUT2D eigenvalue weighted by atomic mass is 16.1. The maximum atomic E-state index is 11.8. The van der Waals surface area contributed by atoms with Crippen LogP contribution in [0.5, 0.6) is 0 Å². The van der Waals surface area contributed by atoms with Crippen molar-refractivity contribution in [1.82, 2.24) is 0 Å². The van der Waals surface area contributed by atoms with Crippen molar-refractivity contribution < 1.29 is 4.79 Å². The Hall–Kier alpha value is -2.49. The van der Waals surface area contributed by atoms with Gasteiger partial charge in [0.05, 0.1) is 0 Å². The van der Waals surface area contributed by atoms with E-state index < -0.39 is 0 Å². The Labute approximate surface area is 151 Å². The van der Waals surface area contributed by atoms with Gasteiger partial charge in [0, 0.05) is 42.3 Å². The molecule has 0 saturated carbocycles. The largest absolute Gasteiger partial charge is 0.372 e. The summed E-state index contributed by atoms with van der Waals surface area (Å²) in [5, 5.41) is 6.32. The topological polar surface area (TPSA) is 44.4 Å². The number of carbonyl (C=O) groups is 1. The molecule has 0 heterocycles. The molecular weight excluding hydrogens is 310 g/mol. The van der Waals surface area contributed by atoms with E-state index in [0.29, 0.717) is 6.42 Å². The lowest BCUT2D eigenvalue weighted by molar-refractivity contribution is -0.116. The first-order valence-electron chi connectivity index (χ1n) is 9.18. The van der Waals surface area contributed by atoms with Crippen molar-refractivity contribution in [2.24, 2.45) is 0 Å². The Morgan fingerprint density at radius 2 is 1.36 bits per heavy atom. The number of unbranched alkanes of at least 4 members (excludes halogenated alkanes) is 1. The van der Waals surface area contributed by atoms with E-state index in [1.54, 1.807) is 0 Å². The number of benzene rings is 2. The van der Waals surface area contributed by atoms with Crippen LogP contribution in [0.25, 0.3) is 0 Å².